The van der Waals surface area contributed by atoms with Crippen LogP contribution in [0.5, 0.6) is 0 Å². The fourth-order valence-corrected chi connectivity index (χ4v) is 1.98. The first-order valence-electron chi connectivity index (χ1n) is 5.74. The number of aromatic amines is 1. The summed E-state index contributed by atoms with van der Waals surface area (Å²) >= 11 is 9.22. The summed E-state index contributed by atoms with van der Waals surface area (Å²) in [4.78, 5) is 15.9. The summed E-state index contributed by atoms with van der Waals surface area (Å²) in [5.41, 5.74) is 0.549. The fraction of sp³-hybridized carbons (Fsp3) is 0.250. The van der Waals surface area contributed by atoms with Gasteiger partial charge in [0.15, 0.2) is 0 Å². The minimum Gasteiger partial charge on any atom is -0.352 e. The van der Waals surface area contributed by atoms with Crippen LogP contribution in [0.2, 0.25) is 5.02 Å². The topological polar surface area (TPSA) is 70.7 Å². The lowest BCUT2D eigenvalue weighted by Gasteiger charge is -2.05. The average Bonchev–Trinajstić information content (AvgIpc) is 2.91. The first kappa shape index (κ1) is 14.0. The van der Waals surface area contributed by atoms with Crippen molar-refractivity contribution >= 4 is 33.4 Å². The van der Waals surface area contributed by atoms with Gasteiger partial charge < -0.3 is 5.32 Å². The van der Waals surface area contributed by atoms with E-state index in [4.69, 9.17) is 11.6 Å². The summed E-state index contributed by atoms with van der Waals surface area (Å²) in [5.74, 6) is 0.688. The number of aryl methyl sites for hydroxylation is 1. The van der Waals surface area contributed by atoms with E-state index in [-0.39, 0.29) is 5.91 Å². The van der Waals surface area contributed by atoms with Crippen LogP contribution in [0.15, 0.2) is 29.0 Å². The zero-order valence-electron chi connectivity index (χ0n) is 9.99. The highest BCUT2D eigenvalue weighted by Crippen LogP contribution is 2.23. The number of carbonyl (C=O) groups excluding carboxylic acids is 1. The van der Waals surface area contributed by atoms with Gasteiger partial charge in [0.25, 0.3) is 5.91 Å². The van der Waals surface area contributed by atoms with Crippen LogP contribution >= 0.6 is 27.5 Å². The Bertz CT molecular complexity index is 559. The molecule has 19 heavy (non-hydrogen) atoms. The monoisotopic (exact) mass is 342 g/mol. The van der Waals surface area contributed by atoms with Gasteiger partial charge >= 0.3 is 0 Å². The molecule has 0 fully saturated rings. The van der Waals surface area contributed by atoms with Crippen molar-refractivity contribution in [1.29, 1.82) is 0 Å². The summed E-state index contributed by atoms with van der Waals surface area (Å²) in [5, 5.41) is 9.89. The zero-order chi connectivity index (χ0) is 13.7. The number of nitrogens with one attached hydrogen (secondary N) is 2. The van der Waals surface area contributed by atoms with Gasteiger partial charge in [0.1, 0.15) is 12.2 Å². The molecule has 0 unspecified atom stereocenters. The minimum absolute atomic E-state index is 0.132. The molecule has 0 bridgehead atoms. The molecule has 2 N–H and O–H groups in total. The van der Waals surface area contributed by atoms with Gasteiger partial charge in [0.05, 0.1) is 5.02 Å². The Morgan fingerprint density at radius 3 is 3.00 bits per heavy atom. The largest absolute Gasteiger partial charge is 0.352 e. The van der Waals surface area contributed by atoms with Crippen LogP contribution in [0.25, 0.3) is 0 Å². The van der Waals surface area contributed by atoms with Gasteiger partial charge in [-0.25, -0.2) is 4.98 Å². The van der Waals surface area contributed by atoms with Crippen LogP contribution in [0.3, 0.4) is 0 Å². The van der Waals surface area contributed by atoms with E-state index in [1.807, 2.05) is 0 Å². The Kier molecular flexibility index (Phi) is 4.93. The second kappa shape index (κ2) is 6.68. The van der Waals surface area contributed by atoms with E-state index in [2.05, 4.69) is 36.4 Å². The highest BCUT2D eigenvalue weighted by Gasteiger charge is 2.07. The number of hydrogen-bond acceptors (Lipinski definition) is 3. The van der Waals surface area contributed by atoms with Crippen LogP contribution in [0, 0.1) is 0 Å². The Balaban J connectivity index is 1.79. The van der Waals surface area contributed by atoms with Gasteiger partial charge in [-0.05, 0) is 40.5 Å². The van der Waals surface area contributed by atoms with Crippen LogP contribution in [0.1, 0.15) is 22.6 Å². The van der Waals surface area contributed by atoms with E-state index < -0.39 is 0 Å². The average molecular weight is 344 g/mol. The Morgan fingerprint density at radius 1 is 1.47 bits per heavy atom. The molecule has 7 heteroatoms. The molecule has 1 heterocycles. The maximum Gasteiger partial charge on any atom is 0.251 e. The molecule has 0 aliphatic heterocycles. The van der Waals surface area contributed by atoms with Crippen molar-refractivity contribution in [3.8, 4) is 0 Å². The summed E-state index contributed by atoms with van der Waals surface area (Å²) < 4.78 is 0.774. The van der Waals surface area contributed by atoms with Crippen molar-refractivity contribution in [2.24, 2.45) is 0 Å². The van der Waals surface area contributed by atoms with Crippen LogP contribution < -0.4 is 5.32 Å². The first-order chi connectivity index (χ1) is 9.16. The molecule has 2 rings (SSSR count). The summed E-state index contributed by atoms with van der Waals surface area (Å²) in [6.07, 6.45) is 3.02. The Labute approximate surface area is 123 Å². The van der Waals surface area contributed by atoms with Crippen molar-refractivity contribution in [2.45, 2.75) is 12.8 Å². The summed E-state index contributed by atoms with van der Waals surface area (Å²) in [6.45, 7) is 0.577. The van der Waals surface area contributed by atoms with Crippen molar-refractivity contribution in [1.82, 2.24) is 20.5 Å². The maximum atomic E-state index is 11.8. The van der Waals surface area contributed by atoms with E-state index in [0.29, 0.717) is 17.1 Å². The van der Waals surface area contributed by atoms with E-state index in [1.54, 1.807) is 18.2 Å². The quantitative estimate of drug-likeness (QED) is 0.820. The van der Waals surface area contributed by atoms with Crippen molar-refractivity contribution in [3.05, 3.63) is 45.4 Å². The van der Waals surface area contributed by atoms with Gasteiger partial charge in [-0.1, -0.05) is 11.6 Å². The molecule has 1 aromatic heterocycles. The molecule has 2 aromatic rings. The van der Waals surface area contributed by atoms with E-state index in [9.17, 15) is 4.79 Å². The lowest BCUT2D eigenvalue weighted by molar-refractivity contribution is 0.0953. The van der Waals surface area contributed by atoms with Crippen LogP contribution in [0.4, 0.5) is 0 Å². The molecule has 5 nitrogen and oxygen atoms in total. The smallest absolute Gasteiger partial charge is 0.251 e. The number of hydrogen-bond donors (Lipinski definition) is 2. The molecule has 0 atom stereocenters. The number of benzene rings is 1. The number of rotatable bonds is 5. The molecule has 0 saturated heterocycles. The molecule has 0 spiro atoms. The lowest BCUT2D eigenvalue weighted by atomic mass is 10.2. The summed E-state index contributed by atoms with van der Waals surface area (Å²) in [6, 6.07) is 5.12. The molecule has 100 valence electrons. The van der Waals surface area contributed by atoms with Gasteiger partial charge in [0, 0.05) is 23.0 Å². The SMILES string of the molecule is O=C(NCCCc1ncn[nH]1)c1ccc(Br)c(Cl)c1. The molecule has 1 aromatic carbocycles. The molecule has 1 amide bonds. The summed E-state index contributed by atoms with van der Waals surface area (Å²) in [7, 11) is 0. The molecular weight excluding hydrogens is 332 g/mol. The van der Waals surface area contributed by atoms with E-state index >= 15 is 0 Å². The highest BCUT2D eigenvalue weighted by atomic mass is 79.9. The maximum absolute atomic E-state index is 11.8. The van der Waals surface area contributed by atoms with Crippen molar-refractivity contribution in [2.75, 3.05) is 6.54 Å². The number of nitrogens with zero attached hydrogens (tertiary/aromatic N) is 2. The molecule has 0 radical (unpaired) electrons. The third kappa shape index (κ3) is 4.04. The predicted octanol–water partition coefficient (Wildman–Crippen LogP) is 2.58. The number of H-pyrrole nitrogens is 1. The zero-order valence-corrected chi connectivity index (χ0v) is 12.3. The van der Waals surface area contributed by atoms with Gasteiger partial charge in [-0.15, -0.1) is 0 Å². The number of aromatic nitrogens is 3. The minimum atomic E-state index is -0.132. The van der Waals surface area contributed by atoms with Crippen LogP contribution in [-0.4, -0.2) is 27.6 Å². The molecule has 0 saturated carbocycles. The van der Waals surface area contributed by atoms with Gasteiger partial charge in [-0.2, -0.15) is 5.10 Å². The number of halogens is 2. The standard InChI is InChI=1S/C12H12BrClN4O/c13-9-4-3-8(6-10(9)14)12(19)15-5-1-2-11-16-7-17-18-11/h3-4,6-7H,1-2,5H2,(H,15,19)(H,16,17,18). The van der Waals surface area contributed by atoms with Gasteiger partial charge in [0.2, 0.25) is 0 Å². The second-order valence-corrected chi connectivity index (χ2v) is 5.18. The fourth-order valence-electron chi connectivity index (χ4n) is 1.55. The second-order valence-electron chi connectivity index (χ2n) is 3.92. The van der Waals surface area contributed by atoms with Crippen molar-refractivity contribution in [3.63, 3.8) is 0 Å². The number of amides is 1. The first-order valence-corrected chi connectivity index (χ1v) is 6.91. The predicted molar refractivity (Wildman–Crippen MR) is 76.2 cm³/mol. The van der Waals surface area contributed by atoms with E-state index in [1.165, 1.54) is 6.33 Å². The molecule has 0 aliphatic rings. The molecule has 0 aliphatic carbocycles. The Morgan fingerprint density at radius 2 is 2.32 bits per heavy atom. The highest BCUT2D eigenvalue weighted by molar-refractivity contribution is 9.10. The normalized spacial score (nSPS) is 10.4. The third-order valence-electron chi connectivity index (χ3n) is 2.52. The Hall–Kier alpha value is -1.40. The van der Waals surface area contributed by atoms with Crippen molar-refractivity contribution < 1.29 is 4.79 Å². The lowest BCUT2D eigenvalue weighted by Crippen LogP contribution is -2.24. The third-order valence-corrected chi connectivity index (χ3v) is 3.76. The van der Waals surface area contributed by atoms with Gasteiger partial charge in [-0.3, -0.25) is 9.89 Å². The number of carbonyl (C=O) groups is 1. The van der Waals surface area contributed by atoms with Crippen LogP contribution in [-0.2, 0) is 6.42 Å². The van der Waals surface area contributed by atoms with E-state index in [0.717, 1.165) is 23.1 Å². The molecular formula is C12H12BrClN4O.